The van der Waals surface area contributed by atoms with Crippen molar-refractivity contribution in [3.8, 4) is 0 Å². The van der Waals surface area contributed by atoms with Gasteiger partial charge >= 0.3 is 6.18 Å². The van der Waals surface area contributed by atoms with Gasteiger partial charge in [-0.3, -0.25) is 9.69 Å². The maximum atomic E-state index is 12.3. The molecule has 3 rings (SSSR count). The molecule has 1 amide bonds. The number of piperidine rings is 1. The van der Waals surface area contributed by atoms with E-state index in [1.165, 1.54) is 4.90 Å². The fraction of sp³-hybridized carbons (Fsp3) is 0.917. The standard InChI is InChI=1S/C12H18F3N3O/c13-12(14,15)6-18-2-1-8(5-18)16-11(19)10-4-7-3-9(7)17-10/h7-10,17H,1-6H2,(H,16,19)/t7-,8?,9?,10+/m1/s1. The van der Waals surface area contributed by atoms with E-state index in [0.717, 1.165) is 12.8 Å². The Bertz CT molecular complexity index is 364. The molecule has 0 aromatic carbocycles. The molecule has 1 saturated carbocycles. The number of fused-ring (bicyclic) bond motifs is 1. The van der Waals surface area contributed by atoms with Crippen molar-refractivity contribution in [2.24, 2.45) is 5.92 Å². The number of hydrogen-bond donors (Lipinski definition) is 2. The Kier molecular flexibility index (Phi) is 3.21. The first-order valence-electron chi connectivity index (χ1n) is 6.76. The second-order valence-electron chi connectivity index (χ2n) is 5.90. The van der Waals surface area contributed by atoms with Gasteiger partial charge in [-0.15, -0.1) is 0 Å². The maximum Gasteiger partial charge on any atom is 0.401 e. The molecule has 108 valence electrons. The van der Waals surface area contributed by atoms with Crippen LogP contribution in [0, 0.1) is 5.92 Å². The van der Waals surface area contributed by atoms with Crippen molar-refractivity contribution < 1.29 is 18.0 Å². The van der Waals surface area contributed by atoms with Gasteiger partial charge < -0.3 is 10.6 Å². The SMILES string of the molecule is O=C(NC1CCN(CC(F)(F)F)C1)[C@@H]1C[C@H]2CC2N1. The zero-order chi connectivity index (χ0) is 13.6. The molecular weight excluding hydrogens is 259 g/mol. The molecule has 0 aromatic heterocycles. The minimum Gasteiger partial charge on any atom is -0.351 e. The van der Waals surface area contributed by atoms with E-state index in [2.05, 4.69) is 10.6 Å². The summed E-state index contributed by atoms with van der Waals surface area (Å²) in [6.07, 6.45) is -1.53. The van der Waals surface area contributed by atoms with Crippen LogP contribution in [0.25, 0.3) is 0 Å². The molecule has 1 aliphatic carbocycles. The van der Waals surface area contributed by atoms with Crippen LogP contribution in [0.5, 0.6) is 0 Å². The van der Waals surface area contributed by atoms with Gasteiger partial charge in [-0.25, -0.2) is 0 Å². The minimum atomic E-state index is -4.16. The van der Waals surface area contributed by atoms with E-state index in [1.807, 2.05) is 0 Å². The number of amides is 1. The molecule has 19 heavy (non-hydrogen) atoms. The van der Waals surface area contributed by atoms with Gasteiger partial charge in [0.25, 0.3) is 0 Å². The normalized spacial score (nSPS) is 38.3. The Morgan fingerprint density at radius 1 is 1.37 bits per heavy atom. The highest BCUT2D eigenvalue weighted by atomic mass is 19.4. The monoisotopic (exact) mass is 277 g/mol. The zero-order valence-corrected chi connectivity index (χ0v) is 10.5. The van der Waals surface area contributed by atoms with Crippen molar-refractivity contribution in [1.82, 2.24) is 15.5 Å². The van der Waals surface area contributed by atoms with Crippen LogP contribution in [0.3, 0.4) is 0 Å². The molecule has 0 spiro atoms. The number of hydrogen-bond acceptors (Lipinski definition) is 3. The Morgan fingerprint density at radius 3 is 2.79 bits per heavy atom. The molecular formula is C12H18F3N3O. The van der Waals surface area contributed by atoms with Crippen LogP contribution in [0.15, 0.2) is 0 Å². The summed E-state index contributed by atoms with van der Waals surface area (Å²) in [7, 11) is 0. The van der Waals surface area contributed by atoms with E-state index in [0.29, 0.717) is 31.5 Å². The van der Waals surface area contributed by atoms with Crippen LogP contribution in [-0.4, -0.2) is 54.7 Å². The lowest BCUT2D eigenvalue weighted by atomic mass is 10.1. The second-order valence-corrected chi connectivity index (χ2v) is 5.90. The number of carbonyl (C=O) groups is 1. The number of likely N-dealkylation sites (tertiary alicyclic amines) is 1. The molecule has 0 aromatic rings. The van der Waals surface area contributed by atoms with Gasteiger partial charge in [0.15, 0.2) is 0 Å². The molecule has 2 unspecified atom stereocenters. The molecule has 4 atom stereocenters. The number of carbonyl (C=O) groups excluding carboxylic acids is 1. The zero-order valence-electron chi connectivity index (χ0n) is 10.5. The van der Waals surface area contributed by atoms with Crippen LogP contribution >= 0.6 is 0 Å². The lowest BCUT2D eigenvalue weighted by Gasteiger charge is -2.20. The van der Waals surface area contributed by atoms with Crippen molar-refractivity contribution in [1.29, 1.82) is 0 Å². The van der Waals surface area contributed by atoms with E-state index in [-0.39, 0.29) is 18.0 Å². The summed E-state index contributed by atoms with van der Waals surface area (Å²) in [4.78, 5) is 13.3. The number of alkyl halides is 3. The van der Waals surface area contributed by atoms with Crippen LogP contribution in [0.1, 0.15) is 19.3 Å². The summed E-state index contributed by atoms with van der Waals surface area (Å²) >= 11 is 0. The third-order valence-electron chi connectivity index (χ3n) is 4.21. The number of nitrogens with zero attached hydrogens (tertiary/aromatic N) is 1. The predicted octanol–water partition coefficient (Wildman–Crippen LogP) is 0.490. The molecule has 2 saturated heterocycles. The Balaban J connectivity index is 1.42. The fourth-order valence-corrected chi connectivity index (χ4v) is 3.17. The lowest BCUT2D eigenvalue weighted by molar-refractivity contribution is -0.143. The third kappa shape index (κ3) is 3.20. The first-order valence-corrected chi connectivity index (χ1v) is 6.76. The maximum absolute atomic E-state index is 12.3. The van der Waals surface area contributed by atoms with Gasteiger partial charge in [0.1, 0.15) is 0 Å². The summed E-state index contributed by atoms with van der Waals surface area (Å²) in [5, 5.41) is 6.11. The number of rotatable bonds is 3. The van der Waals surface area contributed by atoms with Crippen molar-refractivity contribution in [2.45, 2.75) is 43.6 Å². The number of halogens is 3. The number of nitrogens with one attached hydrogen (secondary N) is 2. The molecule has 2 N–H and O–H groups in total. The summed E-state index contributed by atoms with van der Waals surface area (Å²) < 4.78 is 36.8. The second kappa shape index (κ2) is 4.63. The molecule has 3 fully saturated rings. The van der Waals surface area contributed by atoms with Gasteiger partial charge in [0.05, 0.1) is 12.6 Å². The quantitative estimate of drug-likeness (QED) is 0.789. The largest absolute Gasteiger partial charge is 0.401 e. The average molecular weight is 277 g/mol. The lowest BCUT2D eigenvalue weighted by Crippen LogP contribution is -2.47. The van der Waals surface area contributed by atoms with E-state index in [1.54, 1.807) is 0 Å². The van der Waals surface area contributed by atoms with Crippen molar-refractivity contribution in [3.63, 3.8) is 0 Å². The summed E-state index contributed by atoms with van der Waals surface area (Å²) in [5.41, 5.74) is 0. The highest BCUT2D eigenvalue weighted by Crippen LogP contribution is 2.40. The average Bonchev–Trinajstić information content (AvgIpc) is 2.71. The Morgan fingerprint density at radius 2 is 2.16 bits per heavy atom. The molecule has 4 nitrogen and oxygen atoms in total. The molecule has 2 heterocycles. The molecule has 0 bridgehead atoms. The van der Waals surface area contributed by atoms with Crippen molar-refractivity contribution in [3.05, 3.63) is 0 Å². The van der Waals surface area contributed by atoms with Gasteiger partial charge in [0.2, 0.25) is 5.91 Å². The van der Waals surface area contributed by atoms with Crippen LogP contribution in [0.4, 0.5) is 13.2 Å². The van der Waals surface area contributed by atoms with Crippen LogP contribution in [0.2, 0.25) is 0 Å². The molecule has 7 heteroatoms. The summed E-state index contributed by atoms with van der Waals surface area (Å²) in [6, 6.07) is 0.218. The van der Waals surface area contributed by atoms with Crippen LogP contribution < -0.4 is 10.6 Å². The minimum absolute atomic E-state index is 0.0499. The van der Waals surface area contributed by atoms with Crippen molar-refractivity contribution in [2.75, 3.05) is 19.6 Å². The summed E-state index contributed by atoms with van der Waals surface area (Å²) in [5.74, 6) is 0.590. The van der Waals surface area contributed by atoms with Crippen LogP contribution in [-0.2, 0) is 4.79 Å². The van der Waals surface area contributed by atoms with Crippen molar-refractivity contribution >= 4 is 5.91 Å². The summed E-state index contributed by atoms with van der Waals surface area (Å²) in [6.45, 7) is -0.191. The van der Waals surface area contributed by atoms with E-state index >= 15 is 0 Å². The van der Waals surface area contributed by atoms with E-state index in [9.17, 15) is 18.0 Å². The predicted molar refractivity (Wildman–Crippen MR) is 62.5 cm³/mol. The van der Waals surface area contributed by atoms with Gasteiger partial charge in [0, 0.05) is 25.2 Å². The molecule has 0 radical (unpaired) electrons. The highest BCUT2D eigenvalue weighted by molar-refractivity contribution is 5.82. The molecule has 3 aliphatic rings. The topological polar surface area (TPSA) is 44.4 Å². The Hall–Kier alpha value is -0.820. The van der Waals surface area contributed by atoms with Gasteiger partial charge in [-0.05, 0) is 25.2 Å². The van der Waals surface area contributed by atoms with Gasteiger partial charge in [-0.1, -0.05) is 0 Å². The first-order chi connectivity index (χ1) is 8.90. The Labute approximate surface area is 109 Å². The highest BCUT2D eigenvalue weighted by Gasteiger charge is 2.48. The fourth-order valence-electron chi connectivity index (χ4n) is 3.17. The van der Waals surface area contributed by atoms with Gasteiger partial charge in [-0.2, -0.15) is 13.2 Å². The molecule has 2 aliphatic heterocycles. The van der Waals surface area contributed by atoms with E-state index in [4.69, 9.17) is 0 Å². The smallest absolute Gasteiger partial charge is 0.351 e. The first kappa shape index (κ1) is 13.2. The van der Waals surface area contributed by atoms with E-state index < -0.39 is 12.7 Å². The third-order valence-corrected chi connectivity index (χ3v) is 4.21.